The van der Waals surface area contributed by atoms with E-state index >= 15 is 0 Å². The molecule has 0 aromatic heterocycles. The summed E-state index contributed by atoms with van der Waals surface area (Å²) in [5.41, 5.74) is 0.836. The molecule has 2 aromatic carbocycles. The second kappa shape index (κ2) is 12.5. The van der Waals surface area contributed by atoms with Gasteiger partial charge >= 0.3 is 0 Å². The molecule has 0 spiro atoms. The van der Waals surface area contributed by atoms with Crippen LogP contribution in [0.1, 0.15) is 39.7 Å². The Morgan fingerprint density at radius 3 is 2.23 bits per heavy atom. The van der Waals surface area contributed by atoms with Crippen molar-refractivity contribution in [2.45, 2.75) is 52.7 Å². The maximum absolute atomic E-state index is 13.6. The van der Waals surface area contributed by atoms with Crippen LogP contribution in [-0.2, 0) is 26.2 Å². The Morgan fingerprint density at radius 1 is 1.06 bits per heavy atom. The zero-order valence-corrected chi connectivity index (χ0v) is 21.6. The summed E-state index contributed by atoms with van der Waals surface area (Å²) in [4.78, 5) is 27.9. The first-order chi connectivity index (χ1) is 16.5. The highest BCUT2D eigenvalue weighted by molar-refractivity contribution is 7.92. The molecule has 0 fully saturated rings. The molecule has 0 saturated heterocycles. The van der Waals surface area contributed by atoms with Gasteiger partial charge in [0.1, 0.15) is 24.2 Å². The van der Waals surface area contributed by atoms with E-state index in [0.29, 0.717) is 24.3 Å². The molecule has 192 valence electrons. The number of anilines is 1. The number of carbonyl (C=O) groups is 2. The van der Waals surface area contributed by atoms with Crippen LogP contribution in [-0.4, -0.2) is 56.6 Å². The Hall–Kier alpha value is -3.14. The monoisotopic (exact) mass is 507 g/mol. The van der Waals surface area contributed by atoms with Gasteiger partial charge in [-0.3, -0.25) is 13.9 Å². The van der Waals surface area contributed by atoms with Crippen LogP contribution in [0.4, 0.5) is 10.1 Å². The number of benzene rings is 2. The van der Waals surface area contributed by atoms with Crippen LogP contribution in [0.3, 0.4) is 0 Å². The van der Waals surface area contributed by atoms with E-state index in [-0.39, 0.29) is 24.2 Å². The standard InChI is InChI=1S/C25H34FN3O5S/c1-6-21(25(31)27-18(3)4)28(16-19-12-14-20(26)15-13-19)24(30)17-29(35(5,32)33)22-10-8-9-11-23(22)34-7-2/h8-15,18,21H,6-7,16-17H2,1-5H3,(H,27,31)/t21-/m1/s1. The topological polar surface area (TPSA) is 96.0 Å². The molecule has 0 aliphatic carbocycles. The van der Waals surface area contributed by atoms with Crippen molar-refractivity contribution in [3.63, 3.8) is 0 Å². The Bertz CT molecular complexity index is 1110. The van der Waals surface area contributed by atoms with Crippen molar-refractivity contribution in [1.29, 1.82) is 0 Å². The summed E-state index contributed by atoms with van der Waals surface area (Å²) in [7, 11) is -3.88. The third-order valence-corrected chi connectivity index (χ3v) is 6.32. The van der Waals surface area contributed by atoms with E-state index < -0.39 is 34.3 Å². The molecular formula is C25H34FN3O5S. The number of hydrogen-bond donors (Lipinski definition) is 1. The fourth-order valence-electron chi connectivity index (χ4n) is 3.62. The molecule has 0 unspecified atom stereocenters. The summed E-state index contributed by atoms with van der Waals surface area (Å²) in [5.74, 6) is -1.02. The number of nitrogens with one attached hydrogen (secondary N) is 1. The minimum atomic E-state index is -3.88. The van der Waals surface area contributed by atoms with E-state index in [1.54, 1.807) is 38.1 Å². The maximum atomic E-state index is 13.6. The van der Waals surface area contributed by atoms with E-state index in [1.807, 2.05) is 13.8 Å². The highest BCUT2D eigenvalue weighted by atomic mass is 32.2. The fourth-order valence-corrected chi connectivity index (χ4v) is 4.48. The molecule has 0 saturated carbocycles. The van der Waals surface area contributed by atoms with Crippen molar-refractivity contribution >= 4 is 27.5 Å². The second-order valence-corrected chi connectivity index (χ2v) is 10.3. The van der Waals surface area contributed by atoms with Crippen molar-refractivity contribution in [3.05, 3.63) is 59.9 Å². The molecule has 1 N–H and O–H groups in total. The van der Waals surface area contributed by atoms with Gasteiger partial charge in [-0.15, -0.1) is 0 Å². The number of rotatable bonds is 12. The van der Waals surface area contributed by atoms with Gasteiger partial charge in [0, 0.05) is 12.6 Å². The normalized spacial score (nSPS) is 12.2. The van der Waals surface area contributed by atoms with E-state index in [2.05, 4.69) is 5.32 Å². The summed E-state index contributed by atoms with van der Waals surface area (Å²) < 4.78 is 45.5. The first-order valence-electron chi connectivity index (χ1n) is 11.5. The van der Waals surface area contributed by atoms with Crippen molar-refractivity contribution in [2.75, 3.05) is 23.7 Å². The predicted octanol–water partition coefficient (Wildman–Crippen LogP) is 3.32. The number of ether oxygens (including phenoxy) is 1. The van der Waals surface area contributed by atoms with E-state index in [0.717, 1.165) is 10.6 Å². The molecule has 0 aliphatic heterocycles. The van der Waals surface area contributed by atoms with Gasteiger partial charge in [-0.1, -0.05) is 31.2 Å². The molecule has 35 heavy (non-hydrogen) atoms. The molecule has 2 rings (SSSR count). The first kappa shape index (κ1) is 28.1. The maximum Gasteiger partial charge on any atom is 0.244 e. The van der Waals surface area contributed by atoms with Gasteiger partial charge < -0.3 is 15.0 Å². The predicted molar refractivity (Wildman–Crippen MR) is 134 cm³/mol. The lowest BCUT2D eigenvalue weighted by Crippen LogP contribution is -2.53. The van der Waals surface area contributed by atoms with Crippen LogP contribution in [0.5, 0.6) is 5.75 Å². The minimum absolute atomic E-state index is 0.00778. The molecule has 0 heterocycles. The Balaban J connectivity index is 2.47. The Kier molecular flexibility index (Phi) is 10.1. The summed E-state index contributed by atoms with van der Waals surface area (Å²) in [6.07, 6.45) is 1.32. The highest BCUT2D eigenvalue weighted by Crippen LogP contribution is 2.30. The van der Waals surface area contributed by atoms with Gasteiger partial charge in [0.15, 0.2) is 0 Å². The fraction of sp³-hybridized carbons (Fsp3) is 0.440. The van der Waals surface area contributed by atoms with Crippen LogP contribution < -0.4 is 14.4 Å². The average molecular weight is 508 g/mol. The number of amides is 2. The largest absolute Gasteiger partial charge is 0.492 e. The van der Waals surface area contributed by atoms with Gasteiger partial charge in [-0.05, 0) is 57.0 Å². The highest BCUT2D eigenvalue weighted by Gasteiger charge is 2.32. The molecule has 2 amide bonds. The van der Waals surface area contributed by atoms with Crippen LogP contribution in [0.2, 0.25) is 0 Å². The molecule has 0 bridgehead atoms. The van der Waals surface area contributed by atoms with Crippen LogP contribution in [0.15, 0.2) is 48.5 Å². The lowest BCUT2D eigenvalue weighted by Gasteiger charge is -2.33. The van der Waals surface area contributed by atoms with Crippen molar-refractivity contribution in [2.24, 2.45) is 0 Å². The van der Waals surface area contributed by atoms with Gasteiger partial charge in [0.2, 0.25) is 21.8 Å². The minimum Gasteiger partial charge on any atom is -0.492 e. The first-order valence-corrected chi connectivity index (χ1v) is 13.4. The van der Waals surface area contributed by atoms with Crippen molar-refractivity contribution in [1.82, 2.24) is 10.2 Å². The van der Waals surface area contributed by atoms with Gasteiger partial charge in [-0.2, -0.15) is 0 Å². The van der Waals surface area contributed by atoms with Gasteiger partial charge in [0.05, 0.1) is 18.6 Å². The Labute approximate surface area is 207 Å². The zero-order valence-electron chi connectivity index (χ0n) is 20.8. The molecular weight excluding hydrogens is 473 g/mol. The van der Waals surface area contributed by atoms with E-state index in [1.165, 1.54) is 29.2 Å². The van der Waals surface area contributed by atoms with Crippen LogP contribution >= 0.6 is 0 Å². The second-order valence-electron chi connectivity index (χ2n) is 8.41. The Morgan fingerprint density at radius 2 is 1.69 bits per heavy atom. The molecule has 0 radical (unpaired) electrons. The lowest BCUT2D eigenvalue weighted by molar-refractivity contribution is -0.140. The molecule has 1 atom stereocenters. The number of para-hydroxylation sites is 2. The summed E-state index contributed by atoms with van der Waals surface area (Å²) in [6.45, 7) is 6.96. The lowest BCUT2D eigenvalue weighted by atomic mass is 10.1. The molecule has 10 heteroatoms. The zero-order chi connectivity index (χ0) is 26.2. The number of sulfonamides is 1. The van der Waals surface area contributed by atoms with E-state index in [4.69, 9.17) is 4.74 Å². The number of halogens is 1. The smallest absolute Gasteiger partial charge is 0.244 e. The summed E-state index contributed by atoms with van der Waals surface area (Å²) >= 11 is 0. The SMILES string of the molecule is CCOc1ccccc1N(CC(=O)N(Cc1ccc(F)cc1)[C@H](CC)C(=O)NC(C)C)S(C)(=O)=O. The number of carbonyl (C=O) groups excluding carboxylic acids is 2. The number of nitrogens with zero attached hydrogens (tertiary/aromatic N) is 2. The van der Waals surface area contributed by atoms with Crippen molar-refractivity contribution in [3.8, 4) is 5.75 Å². The van der Waals surface area contributed by atoms with Gasteiger partial charge in [-0.25, -0.2) is 12.8 Å². The third-order valence-electron chi connectivity index (χ3n) is 5.20. The third kappa shape index (κ3) is 7.95. The number of hydrogen-bond acceptors (Lipinski definition) is 5. The molecule has 2 aromatic rings. The van der Waals surface area contributed by atoms with Gasteiger partial charge in [0.25, 0.3) is 0 Å². The quantitative estimate of drug-likeness (QED) is 0.476. The van der Waals surface area contributed by atoms with E-state index in [9.17, 15) is 22.4 Å². The average Bonchev–Trinajstić information content (AvgIpc) is 2.78. The molecule has 0 aliphatic rings. The summed E-state index contributed by atoms with van der Waals surface area (Å²) in [6, 6.07) is 11.2. The van der Waals surface area contributed by atoms with Crippen LogP contribution in [0, 0.1) is 5.82 Å². The molecule has 8 nitrogen and oxygen atoms in total. The van der Waals surface area contributed by atoms with Crippen molar-refractivity contribution < 1.29 is 27.1 Å². The summed E-state index contributed by atoms with van der Waals surface area (Å²) in [5, 5.41) is 2.82. The van der Waals surface area contributed by atoms with Crippen LogP contribution in [0.25, 0.3) is 0 Å².